The van der Waals surface area contributed by atoms with Crippen molar-refractivity contribution in [2.75, 3.05) is 0 Å². The molecule has 4 fully saturated rings. The van der Waals surface area contributed by atoms with E-state index in [-0.39, 0.29) is 0 Å². The molecule has 1 heteroatoms. The van der Waals surface area contributed by atoms with Gasteiger partial charge in [0.1, 0.15) is 5.78 Å². The summed E-state index contributed by atoms with van der Waals surface area (Å²) < 4.78 is 0. The Morgan fingerprint density at radius 2 is 1.56 bits per heavy atom. The molecule has 0 radical (unpaired) electrons. The van der Waals surface area contributed by atoms with Crippen LogP contribution >= 0.6 is 0 Å². The topological polar surface area (TPSA) is 17.1 Å². The van der Waals surface area contributed by atoms with Crippen molar-refractivity contribution < 1.29 is 4.79 Å². The fourth-order valence-electron chi connectivity index (χ4n) is 9.24. The number of hydrogen-bond acceptors (Lipinski definition) is 1. The van der Waals surface area contributed by atoms with Gasteiger partial charge in [-0.3, -0.25) is 4.79 Å². The van der Waals surface area contributed by atoms with E-state index in [4.69, 9.17) is 0 Å². The summed E-state index contributed by atoms with van der Waals surface area (Å²) in [6, 6.07) is 0. The third-order valence-corrected chi connectivity index (χ3v) is 10.7. The summed E-state index contributed by atoms with van der Waals surface area (Å²) in [5.74, 6) is 5.93. The summed E-state index contributed by atoms with van der Waals surface area (Å²) >= 11 is 0. The molecule has 0 aromatic heterocycles. The zero-order chi connectivity index (χ0) is 19.6. The van der Waals surface area contributed by atoms with Gasteiger partial charge in [-0.05, 0) is 97.7 Å². The van der Waals surface area contributed by atoms with E-state index in [0.29, 0.717) is 46.2 Å². The standard InChI is InChI=1S/C26H44O/c1-7-17-11-13-26(6)21-12-14-25(5)19(16(3)4)9-10-20(25)23(21)24(27)18(8-2)22(26)15-17/h16-23H,7-15H2,1-6H3/t17?,18-,19-,20?,21?,22+,23?,25-,26-/m1/s1. The summed E-state index contributed by atoms with van der Waals surface area (Å²) in [7, 11) is 0. The lowest BCUT2D eigenvalue weighted by Gasteiger charge is -2.62. The first-order chi connectivity index (χ1) is 12.8. The van der Waals surface area contributed by atoms with Crippen LogP contribution in [0.4, 0.5) is 0 Å². The fourth-order valence-corrected chi connectivity index (χ4v) is 9.24. The molecule has 4 unspecified atom stereocenters. The van der Waals surface area contributed by atoms with Crippen molar-refractivity contribution >= 4 is 5.78 Å². The maximum Gasteiger partial charge on any atom is 0.139 e. The van der Waals surface area contributed by atoms with Crippen LogP contribution in [0, 0.1) is 58.2 Å². The summed E-state index contributed by atoms with van der Waals surface area (Å²) in [5.41, 5.74) is 0.856. The quantitative estimate of drug-likeness (QED) is 0.514. The van der Waals surface area contributed by atoms with Gasteiger partial charge in [0.25, 0.3) is 0 Å². The molecule has 1 nitrogen and oxygen atoms in total. The molecular formula is C26H44O. The van der Waals surface area contributed by atoms with E-state index in [1.54, 1.807) is 0 Å². The monoisotopic (exact) mass is 372 g/mol. The number of carbonyl (C=O) groups excluding carboxylic acids is 1. The number of Topliss-reactive ketones (excluding diaryl/α,β-unsaturated/α-hetero) is 1. The number of carbonyl (C=O) groups is 1. The predicted molar refractivity (Wildman–Crippen MR) is 113 cm³/mol. The van der Waals surface area contributed by atoms with Crippen LogP contribution in [0.1, 0.15) is 99.3 Å². The molecule has 27 heavy (non-hydrogen) atoms. The van der Waals surface area contributed by atoms with Crippen molar-refractivity contribution in [1.82, 2.24) is 0 Å². The second-order valence-electron chi connectivity index (χ2n) is 11.8. The van der Waals surface area contributed by atoms with Crippen LogP contribution in [-0.4, -0.2) is 5.78 Å². The summed E-state index contributed by atoms with van der Waals surface area (Å²) in [6.45, 7) is 14.7. The van der Waals surface area contributed by atoms with Gasteiger partial charge in [0.15, 0.2) is 0 Å². The molecular weight excluding hydrogens is 328 g/mol. The minimum Gasteiger partial charge on any atom is -0.299 e. The molecule has 4 saturated carbocycles. The van der Waals surface area contributed by atoms with E-state index in [1.165, 1.54) is 51.4 Å². The first-order valence-corrected chi connectivity index (χ1v) is 12.3. The molecule has 4 rings (SSSR count). The van der Waals surface area contributed by atoms with Gasteiger partial charge < -0.3 is 0 Å². The van der Waals surface area contributed by atoms with E-state index in [2.05, 4.69) is 41.5 Å². The first kappa shape index (κ1) is 20.0. The Morgan fingerprint density at radius 1 is 0.889 bits per heavy atom. The van der Waals surface area contributed by atoms with Gasteiger partial charge in [-0.2, -0.15) is 0 Å². The molecule has 0 bridgehead atoms. The maximum absolute atomic E-state index is 13.9. The van der Waals surface area contributed by atoms with Gasteiger partial charge in [-0.15, -0.1) is 0 Å². The Morgan fingerprint density at radius 3 is 2.19 bits per heavy atom. The van der Waals surface area contributed by atoms with Crippen molar-refractivity contribution in [3.8, 4) is 0 Å². The number of ketones is 1. The normalized spacial score (nSPS) is 52.4. The molecule has 4 aliphatic rings. The smallest absolute Gasteiger partial charge is 0.139 e. The second-order valence-corrected chi connectivity index (χ2v) is 11.8. The minimum absolute atomic E-state index is 0.353. The SMILES string of the molecule is CCC1CC[C@]2(C)C3CC[C@@]4(C)C(CC[C@@H]4C(C)C)C3C(=O)[C@H](CC)[C@@H]2C1. The van der Waals surface area contributed by atoms with E-state index in [0.717, 1.165) is 24.2 Å². The summed E-state index contributed by atoms with van der Waals surface area (Å²) in [6.07, 6.45) is 11.9. The van der Waals surface area contributed by atoms with Crippen molar-refractivity contribution in [3.63, 3.8) is 0 Å². The van der Waals surface area contributed by atoms with Gasteiger partial charge in [-0.1, -0.05) is 48.0 Å². The Hall–Kier alpha value is -0.330. The molecule has 9 atom stereocenters. The van der Waals surface area contributed by atoms with Crippen molar-refractivity contribution in [2.45, 2.75) is 99.3 Å². The molecule has 0 N–H and O–H groups in total. The molecule has 0 aromatic carbocycles. The van der Waals surface area contributed by atoms with E-state index in [1.807, 2.05) is 0 Å². The lowest BCUT2D eigenvalue weighted by molar-refractivity contribution is -0.170. The van der Waals surface area contributed by atoms with Crippen molar-refractivity contribution in [2.24, 2.45) is 58.2 Å². The molecule has 0 spiro atoms. The third-order valence-electron chi connectivity index (χ3n) is 10.7. The summed E-state index contributed by atoms with van der Waals surface area (Å²) in [5, 5.41) is 0. The largest absolute Gasteiger partial charge is 0.299 e. The van der Waals surface area contributed by atoms with Crippen LogP contribution < -0.4 is 0 Å². The molecule has 0 amide bonds. The number of rotatable bonds is 3. The summed E-state index contributed by atoms with van der Waals surface area (Å²) in [4.78, 5) is 13.9. The van der Waals surface area contributed by atoms with Crippen LogP contribution in [0.2, 0.25) is 0 Å². The van der Waals surface area contributed by atoms with Gasteiger partial charge >= 0.3 is 0 Å². The van der Waals surface area contributed by atoms with Gasteiger partial charge in [0.2, 0.25) is 0 Å². The molecule has 0 aliphatic heterocycles. The highest BCUT2D eigenvalue weighted by Crippen LogP contribution is 2.68. The van der Waals surface area contributed by atoms with Crippen LogP contribution in [-0.2, 0) is 4.79 Å². The molecule has 0 saturated heterocycles. The number of fused-ring (bicyclic) bond motifs is 5. The minimum atomic E-state index is 0.353. The average molecular weight is 373 g/mol. The van der Waals surface area contributed by atoms with Crippen LogP contribution in [0.3, 0.4) is 0 Å². The average Bonchev–Trinajstić information content (AvgIpc) is 2.99. The van der Waals surface area contributed by atoms with Crippen LogP contribution in [0.15, 0.2) is 0 Å². The van der Waals surface area contributed by atoms with Gasteiger partial charge in [0.05, 0.1) is 0 Å². The maximum atomic E-state index is 13.9. The third kappa shape index (κ3) is 2.72. The Bertz CT molecular complexity index is 579. The van der Waals surface area contributed by atoms with Crippen LogP contribution in [0.25, 0.3) is 0 Å². The molecule has 154 valence electrons. The Balaban J connectivity index is 1.70. The van der Waals surface area contributed by atoms with Crippen LogP contribution in [0.5, 0.6) is 0 Å². The predicted octanol–water partition coefficient (Wildman–Crippen LogP) is 7.14. The first-order valence-electron chi connectivity index (χ1n) is 12.3. The molecule has 0 aromatic rings. The second kappa shape index (κ2) is 6.88. The zero-order valence-electron chi connectivity index (χ0n) is 18.9. The van der Waals surface area contributed by atoms with Crippen molar-refractivity contribution in [1.29, 1.82) is 0 Å². The molecule has 0 heterocycles. The van der Waals surface area contributed by atoms with Gasteiger partial charge in [0, 0.05) is 11.8 Å². The van der Waals surface area contributed by atoms with E-state index >= 15 is 0 Å². The molecule has 4 aliphatic carbocycles. The van der Waals surface area contributed by atoms with Crippen molar-refractivity contribution in [3.05, 3.63) is 0 Å². The highest BCUT2D eigenvalue weighted by Gasteiger charge is 2.64. The Labute approximate surface area is 168 Å². The van der Waals surface area contributed by atoms with E-state index in [9.17, 15) is 4.79 Å². The highest BCUT2D eigenvalue weighted by atomic mass is 16.1. The zero-order valence-corrected chi connectivity index (χ0v) is 18.9. The fraction of sp³-hybridized carbons (Fsp3) is 0.962. The van der Waals surface area contributed by atoms with E-state index < -0.39 is 0 Å². The van der Waals surface area contributed by atoms with Gasteiger partial charge in [-0.25, -0.2) is 0 Å². The Kier molecular flexibility index (Phi) is 5.08. The lowest BCUT2D eigenvalue weighted by atomic mass is 9.41. The highest BCUT2D eigenvalue weighted by molar-refractivity contribution is 5.86. The lowest BCUT2D eigenvalue weighted by Crippen LogP contribution is -2.60. The number of hydrogen-bond donors (Lipinski definition) is 0.